The summed E-state index contributed by atoms with van der Waals surface area (Å²) in [6.07, 6.45) is 6.30. The first kappa shape index (κ1) is 21.3. The predicted molar refractivity (Wildman–Crippen MR) is 114 cm³/mol. The van der Waals surface area contributed by atoms with Gasteiger partial charge < -0.3 is 15.4 Å². The van der Waals surface area contributed by atoms with Crippen LogP contribution in [0.4, 0.5) is 5.69 Å². The lowest BCUT2D eigenvalue weighted by molar-refractivity contribution is -0.142. The minimum Gasteiger partial charge on any atom is -0.481 e. The molecule has 2 aromatic rings. The molecule has 0 saturated heterocycles. The summed E-state index contributed by atoms with van der Waals surface area (Å²) in [6.45, 7) is 7.77. The number of carboxylic acid groups (broad SMARTS) is 1. The van der Waals surface area contributed by atoms with Crippen molar-refractivity contribution in [3.8, 4) is 6.07 Å². The van der Waals surface area contributed by atoms with Crippen LogP contribution in [0.25, 0.3) is 5.57 Å². The molecule has 7 heteroatoms. The number of H-pyrrole nitrogens is 1. The summed E-state index contributed by atoms with van der Waals surface area (Å²) in [6, 6.07) is 7.21. The van der Waals surface area contributed by atoms with Gasteiger partial charge >= 0.3 is 5.97 Å². The Kier molecular flexibility index (Phi) is 5.53. The second-order valence-corrected chi connectivity index (χ2v) is 8.99. The number of nitrogens with zero attached hydrogens (tertiary/aromatic N) is 2. The molecule has 0 aliphatic heterocycles. The van der Waals surface area contributed by atoms with E-state index in [1.807, 2.05) is 12.1 Å². The first-order valence-electron chi connectivity index (χ1n) is 9.88. The number of hydrogen-bond acceptors (Lipinski definition) is 4. The molecule has 1 aliphatic carbocycles. The van der Waals surface area contributed by atoms with Crippen LogP contribution in [0.5, 0.6) is 0 Å². The summed E-state index contributed by atoms with van der Waals surface area (Å²) >= 11 is 0. The SMILES string of the molecule is CC1(C)CC=C(c2cc(C(C)(C)C(=O)O)ccc2NC(=O)c2nc(C#N)c[nH]2)CC1. The topological polar surface area (TPSA) is 119 Å². The highest BCUT2D eigenvalue weighted by molar-refractivity contribution is 6.03. The summed E-state index contributed by atoms with van der Waals surface area (Å²) in [7, 11) is 0. The number of anilines is 1. The molecule has 0 spiro atoms. The Morgan fingerprint density at radius 3 is 2.63 bits per heavy atom. The van der Waals surface area contributed by atoms with Crippen molar-refractivity contribution in [1.82, 2.24) is 9.97 Å². The number of hydrogen-bond donors (Lipinski definition) is 3. The number of nitrogens with one attached hydrogen (secondary N) is 2. The quantitative estimate of drug-likeness (QED) is 0.676. The normalized spacial score (nSPS) is 15.8. The summed E-state index contributed by atoms with van der Waals surface area (Å²) in [5, 5.41) is 21.4. The fourth-order valence-corrected chi connectivity index (χ4v) is 3.43. The van der Waals surface area contributed by atoms with E-state index < -0.39 is 17.3 Å². The van der Waals surface area contributed by atoms with E-state index in [-0.39, 0.29) is 16.9 Å². The zero-order chi connectivity index (χ0) is 22.1. The molecular formula is C23H26N4O3. The van der Waals surface area contributed by atoms with Crippen molar-refractivity contribution < 1.29 is 14.7 Å². The number of carbonyl (C=O) groups is 2. The maximum atomic E-state index is 12.6. The molecule has 1 aliphatic rings. The van der Waals surface area contributed by atoms with E-state index >= 15 is 0 Å². The molecule has 156 valence electrons. The summed E-state index contributed by atoms with van der Waals surface area (Å²) in [5.41, 5.74) is 2.45. The number of aliphatic carboxylic acids is 1. The van der Waals surface area contributed by atoms with Gasteiger partial charge in [0, 0.05) is 17.4 Å². The van der Waals surface area contributed by atoms with Gasteiger partial charge in [0.1, 0.15) is 6.07 Å². The number of rotatable bonds is 5. The number of carbonyl (C=O) groups excluding carboxylic acids is 1. The Morgan fingerprint density at radius 1 is 1.33 bits per heavy atom. The van der Waals surface area contributed by atoms with Gasteiger partial charge in [0.15, 0.2) is 11.5 Å². The van der Waals surface area contributed by atoms with Crippen LogP contribution >= 0.6 is 0 Å². The van der Waals surface area contributed by atoms with Gasteiger partial charge in [0.2, 0.25) is 0 Å². The maximum absolute atomic E-state index is 12.6. The Bertz CT molecular complexity index is 1070. The smallest absolute Gasteiger partial charge is 0.313 e. The van der Waals surface area contributed by atoms with Crippen molar-refractivity contribution in [1.29, 1.82) is 5.26 Å². The van der Waals surface area contributed by atoms with Gasteiger partial charge in [-0.25, -0.2) is 4.98 Å². The minimum absolute atomic E-state index is 0.0474. The molecule has 0 radical (unpaired) electrons. The summed E-state index contributed by atoms with van der Waals surface area (Å²) in [5.74, 6) is -1.32. The Hall–Kier alpha value is -3.40. The average Bonchev–Trinajstić information content (AvgIpc) is 3.17. The number of aromatic nitrogens is 2. The van der Waals surface area contributed by atoms with Crippen LogP contribution < -0.4 is 5.32 Å². The molecule has 0 atom stereocenters. The molecule has 3 N–H and O–H groups in total. The largest absolute Gasteiger partial charge is 0.481 e. The lowest BCUT2D eigenvalue weighted by atomic mass is 9.76. The highest BCUT2D eigenvalue weighted by Crippen LogP contribution is 2.41. The van der Waals surface area contributed by atoms with Gasteiger partial charge in [-0.05, 0) is 61.8 Å². The standard InChI is InChI=1S/C23H26N4O3/c1-22(2)9-7-14(8-10-22)17-11-15(23(3,4)21(29)30)5-6-18(17)27-20(28)19-25-13-16(12-24)26-19/h5-7,11,13H,8-10H2,1-4H3,(H,25,26)(H,27,28)(H,29,30). The maximum Gasteiger partial charge on any atom is 0.313 e. The number of nitriles is 1. The molecule has 1 amide bonds. The van der Waals surface area contributed by atoms with Crippen LogP contribution in [-0.4, -0.2) is 27.0 Å². The number of carboxylic acids is 1. The fourth-order valence-electron chi connectivity index (χ4n) is 3.43. The molecule has 0 saturated carbocycles. The first-order chi connectivity index (χ1) is 14.0. The highest BCUT2D eigenvalue weighted by Gasteiger charge is 2.31. The van der Waals surface area contributed by atoms with Gasteiger partial charge in [-0.2, -0.15) is 5.26 Å². The second kappa shape index (κ2) is 7.79. The van der Waals surface area contributed by atoms with Crippen LogP contribution in [0, 0.1) is 16.7 Å². The predicted octanol–water partition coefficient (Wildman–Crippen LogP) is 4.49. The number of allylic oxidation sites excluding steroid dienone is 2. The molecule has 3 rings (SSSR count). The van der Waals surface area contributed by atoms with Crippen molar-refractivity contribution >= 4 is 23.1 Å². The van der Waals surface area contributed by atoms with E-state index in [4.69, 9.17) is 5.26 Å². The average molecular weight is 406 g/mol. The molecule has 0 fully saturated rings. The molecule has 1 heterocycles. The van der Waals surface area contributed by atoms with E-state index in [2.05, 4.69) is 35.2 Å². The van der Waals surface area contributed by atoms with Gasteiger partial charge in [-0.1, -0.05) is 26.0 Å². The van der Waals surface area contributed by atoms with E-state index in [0.717, 1.165) is 30.4 Å². The van der Waals surface area contributed by atoms with Gasteiger partial charge in [-0.15, -0.1) is 0 Å². The van der Waals surface area contributed by atoms with E-state index in [9.17, 15) is 14.7 Å². The van der Waals surface area contributed by atoms with Crippen LogP contribution in [0.2, 0.25) is 0 Å². The molecule has 30 heavy (non-hydrogen) atoms. The fraction of sp³-hybridized carbons (Fsp3) is 0.391. The Morgan fingerprint density at radius 2 is 2.07 bits per heavy atom. The molecule has 1 aromatic carbocycles. The van der Waals surface area contributed by atoms with Crippen molar-refractivity contribution in [2.75, 3.05) is 5.32 Å². The monoisotopic (exact) mass is 406 g/mol. The van der Waals surface area contributed by atoms with Gasteiger partial charge in [0.25, 0.3) is 5.91 Å². The van der Waals surface area contributed by atoms with Crippen LogP contribution in [-0.2, 0) is 10.2 Å². The van der Waals surface area contributed by atoms with Gasteiger partial charge in [-0.3, -0.25) is 9.59 Å². The van der Waals surface area contributed by atoms with Crippen LogP contribution in [0.1, 0.15) is 74.4 Å². The molecule has 0 bridgehead atoms. The van der Waals surface area contributed by atoms with E-state index in [0.29, 0.717) is 11.3 Å². The third kappa shape index (κ3) is 4.28. The summed E-state index contributed by atoms with van der Waals surface area (Å²) < 4.78 is 0. The van der Waals surface area contributed by atoms with E-state index in [1.54, 1.807) is 26.0 Å². The highest BCUT2D eigenvalue weighted by atomic mass is 16.4. The third-order valence-corrected chi connectivity index (χ3v) is 5.75. The number of amides is 1. The van der Waals surface area contributed by atoms with E-state index in [1.165, 1.54) is 6.20 Å². The Balaban J connectivity index is 2.01. The minimum atomic E-state index is -1.06. The van der Waals surface area contributed by atoms with Crippen molar-refractivity contribution in [3.63, 3.8) is 0 Å². The second-order valence-electron chi connectivity index (χ2n) is 8.99. The lowest BCUT2D eigenvalue weighted by Gasteiger charge is -2.30. The van der Waals surface area contributed by atoms with Crippen LogP contribution in [0.3, 0.4) is 0 Å². The zero-order valence-corrected chi connectivity index (χ0v) is 17.7. The number of imidazole rings is 1. The third-order valence-electron chi connectivity index (χ3n) is 5.75. The Labute approximate surface area is 175 Å². The zero-order valence-electron chi connectivity index (χ0n) is 17.7. The molecule has 0 unspecified atom stereocenters. The molecule has 1 aromatic heterocycles. The molecule has 7 nitrogen and oxygen atoms in total. The lowest BCUT2D eigenvalue weighted by Crippen LogP contribution is -2.28. The van der Waals surface area contributed by atoms with Crippen molar-refractivity contribution in [3.05, 3.63) is 53.1 Å². The van der Waals surface area contributed by atoms with Crippen LogP contribution in [0.15, 0.2) is 30.5 Å². The number of aromatic amines is 1. The number of benzene rings is 1. The molecular weight excluding hydrogens is 380 g/mol. The van der Waals surface area contributed by atoms with Crippen molar-refractivity contribution in [2.24, 2.45) is 5.41 Å². The van der Waals surface area contributed by atoms with Crippen molar-refractivity contribution in [2.45, 2.75) is 52.4 Å². The summed E-state index contributed by atoms with van der Waals surface area (Å²) in [4.78, 5) is 31.0. The first-order valence-corrected chi connectivity index (χ1v) is 9.88. The van der Waals surface area contributed by atoms with Gasteiger partial charge in [0.05, 0.1) is 5.41 Å².